The van der Waals surface area contributed by atoms with Crippen molar-refractivity contribution in [2.45, 2.75) is 13.3 Å². The zero-order valence-electron chi connectivity index (χ0n) is 18.6. The Morgan fingerprint density at radius 2 is 1.74 bits per heavy atom. The molecule has 4 N–H and O–H groups in total. The summed E-state index contributed by atoms with van der Waals surface area (Å²) in [5.41, 5.74) is 17.8. The molecule has 0 bridgehead atoms. The van der Waals surface area contributed by atoms with E-state index in [1.807, 2.05) is 26.2 Å². The Bertz CT molecular complexity index is 1110. The third-order valence-corrected chi connectivity index (χ3v) is 5.09. The second kappa shape index (κ2) is 9.38. The van der Waals surface area contributed by atoms with Crippen molar-refractivity contribution >= 4 is 29.6 Å². The summed E-state index contributed by atoms with van der Waals surface area (Å²) in [5, 5.41) is 0. The van der Waals surface area contributed by atoms with Crippen LogP contribution in [-0.4, -0.2) is 38.3 Å². The number of hydrogen-bond donors (Lipinski definition) is 2. The first-order valence-electron chi connectivity index (χ1n) is 9.90. The van der Waals surface area contributed by atoms with Gasteiger partial charge in [-0.05, 0) is 47.9 Å². The molecule has 3 rings (SSSR count). The topological polar surface area (TPSA) is 99.5 Å². The van der Waals surface area contributed by atoms with Gasteiger partial charge in [-0.25, -0.2) is 4.98 Å². The molecule has 0 aliphatic heterocycles. The number of nitrogen functional groups attached to an aromatic ring is 2. The molecule has 7 nitrogen and oxygen atoms in total. The number of benzene rings is 2. The highest BCUT2D eigenvalue weighted by Gasteiger charge is 2.13. The molecule has 0 fully saturated rings. The minimum Gasteiger partial charge on any atom is -0.493 e. The van der Waals surface area contributed by atoms with E-state index in [1.165, 1.54) is 11.3 Å². The fraction of sp³-hybridized carbons (Fsp3) is 0.250. The van der Waals surface area contributed by atoms with Gasteiger partial charge >= 0.3 is 0 Å². The molecule has 1 aromatic heterocycles. The number of anilines is 3. The number of methoxy groups -OCH3 is 2. The summed E-state index contributed by atoms with van der Waals surface area (Å²) in [6, 6.07) is 10.4. The summed E-state index contributed by atoms with van der Waals surface area (Å²) < 4.78 is 11.2. The molecule has 7 heteroatoms. The van der Waals surface area contributed by atoms with Crippen LogP contribution in [-0.2, 0) is 6.42 Å². The number of rotatable bonds is 7. The van der Waals surface area contributed by atoms with Crippen LogP contribution in [0.5, 0.6) is 11.5 Å². The Balaban J connectivity index is 1.98. The standard InChI is InChI=1S/C24H29N5O2/c1-15-10-20(29(2)3)9-8-17(15)6-7-18-11-16(13-21(30-4)22(18)31-5)12-19-14-27-24(26)28-23(19)25/h6-11,13-14H,12H2,1-5H3,(H4,25,26,27,28). The van der Waals surface area contributed by atoms with Crippen LogP contribution >= 0.6 is 0 Å². The van der Waals surface area contributed by atoms with Gasteiger partial charge in [-0.2, -0.15) is 4.98 Å². The number of aryl methyl sites for hydroxylation is 1. The van der Waals surface area contributed by atoms with Gasteiger partial charge in [0.1, 0.15) is 5.82 Å². The summed E-state index contributed by atoms with van der Waals surface area (Å²) in [5.74, 6) is 1.85. The van der Waals surface area contributed by atoms with Gasteiger partial charge < -0.3 is 25.8 Å². The van der Waals surface area contributed by atoms with Gasteiger partial charge in [0, 0.05) is 43.5 Å². The lowest BCUT2D eigenvalue weighted by Gasteiger charge is -2.15. The normalized spacial score (nSPS) is 11.0. The molecule has 0 spiro atoms. The SMILES string of the molecule is COc1cc(Cc2cnc(N)nc2N)cc(C=Cc2ccc(N(C)C)cc2C)c1OC. The lowest BCUT2D eigenvalue weighted by Crippen LogP contribution is -2.08. The quantitative estimate of drug-likeness (QED) is 0.562. The van der Waals surface area contributed by atoms with E-state index in [-0.39, 0.29) is 5.95 Å². The Hall–Kier alpha value is -3.74. The van der Waals surface area contributed by atoms with Crippen molar-refractivity contribution in [1.82, 2.24) is 9.97 Å². The highest BCUT2D eigenvalue weighted by molar-refractivity contribution is 5.76. The molecule has 0 radical (unpaired) electrons. The minimum atomic E-state index is 0.160. The zero-order chi connectivity index (χ0) is 22.5. The van der Waals surface area contributed by atoms with Gasteiger partial charge in [-0.15, -0.1) is 0 Å². The van der Waals surface area contributed by atoms with Crippen molar-refractivity contribution in [2.75, 3.05) is 44.7 Å². The van der Waals surface area contributed by atoms with Crippen molar-refractivity contribution in [3.63, 3.8) is 0 Å². The second-order valence-electron chi connectivity index (χ2n) is 7.50. The molecular formula is C24H29N5O2. The molecule has 162 valence electrons. The summed E-state index contributed by atoms with van der Waals surface area (Å²) >= 11 is 0. The average Bonchev–Trinajstić information content (AvgIpc) is 2.74. The van der Waals surface area contributed by atoms with E-state index in [0.717, 1.165) is 22.3 Å². The van der Waals surface area contributed by atoms with Crippen LogP contribution in [0.3, 0.4) is 0 Å². The molecule has 0 atom stereocenters. The third kappa shape index (κ3) is 5.06. The molecule has 0 unspecified atom stereocenters. The molecule has 3 aromatic rings. The first-order valence-corrected chi connectivity index (χ1v) is 9.90. The maximum Gasteiger partial charge on any atom is 0.221 e. The van der Waals surface area contributed by atoms with Crippen LogP contribution in [0, 0.1) is 6.92 Å². The smallest absolute Gasteiger partial charge is 0.221 e. The molecule has 0 aliphatic carbocycles. The van der Waals surface area contributed by atoms with Crippen molar-refractivity contribution in [3.05, 3.63) is 64.3 Å². The van der Waals surface area contributed by atoms with Crippen LogP contribution in [0.15, 0.2) is 36.5 Å². The zero-order valence-corrected chi connectivity index (χ0v) is 18.6. The van der Waals surface area contributed by atoms with Gasteiger partial charge in [0.05, 0.1) is 14.2 Å². The van der Waals surface area contributed by atoms with Crippen molar-refractivity contribution in [2.24, 2.45) is 0 Å². The van der Waals surface area contributed by atoms with Crippen molar-refractivity contribution in [3.8, 4) is 11.5 Å². The number of nitrogens with two attached hydrogens (primary N) is 2. The summed E-state index contributed by atoms with van der Waals surface area (Å²) in [7, 11) is 7.33. The van der Waals surface area contributed by atoms with E-state index >= 15 is 0 Å². The van der Waals surface area contributed by atoms with Gasteiger partial charge in [-0.3, -0.25) is 0 Å². The molecule has 0 amide bonds. The van der Waals surface area contributed by atoms with E-state index in [2.05, 4.69) is 52.1 Å². The highest BCUT2D eigenvalue weighted by atomic mass is 16.5. The predicted octanol–water partition coefficient (Wildman–Crippen LogP) is 3.79. The third-order valence-electron chi connectivity index (χ3n) is 5.09. The second-order valence-corrected chi connectivity index (χ2v) is 7.50. The Morgan fingerprint density at radius 3 is 2.35 bits per heavy atom. The Labute approximate surface area is 183 Å². The van der Waals surface area contributed by atoms with Crippen LogP contribution in [0.4, 0.5) is 17.5 Å². The predicted molar refractivity (Wildman–Crippen MR) is 128 cm³/mol. The maximum atomic E-state index is 6.01. The van der Waals surface area contributed by atoms with Gasteiger partial charge in [0.25, 0.3) is 0 Å². The molecule has 0 saturated heterocycles. The maximum absolute atomic E-state index is 6.01. The van der Waals surface area contributed by atoms with Crippen molar-refractivity contribution in [1.29, 1.82) is 0 Å². The Kier molecular flexibility index (Phi) is 6.65. The number of nitrogens with zero attached hydrogens (tertiary/aromatic N) is 3. The number of aromatic nitrogens is 2. The van der Waals surface area contributed by atoms with E-state index in [0.29, 0.717) is 23.7 Å². The first-order chi connectivity index (χ1) is 14.8. The van der Waals surface area contributed by atoms with Crippen molar-refractivity contribution < 1.29 is 9.47 Å². The lowest BCUT2D eigenvalue weighted by atomic mass is 10.0. The Morgan fingerprint density at radius 1 is 1.00 bits per heavy atom. The monoisotopic (exact) mass is 419 g/mol. The van der Waals surface area contributed by atoms with E-state index in [4.69, 9.17) is 20.9 Å². The minimum absolute atomic E-state index is 0.160. The fourth-order valence-corrected chi connectivity index (χ4v) is 3.37. The van der Waals surface area contributed by atoms with Gasteiger partial charge in [0.15, 0.2) is 11.5 Å². The summed E-state index contributed by atoms with van der Waals surface area (Å²) in [6.45, 7) is 2.10. The van der Waals surface area contributed by atoms with E-state index in [9.17, 15) is 0 Å². The first kappa shape index (κ1) is 22.0. The number of ether oxygens (including phenoxy) is 2. The van der Waals surface area contributed by atoms with Crippen LogP contribution in [0.2, 0.25) is 0 Å². The van der Waals surface area contributed by atoms with Gasteiger partial charge in [0.2, 0.25) is 5.95 Å². The van der Waals surface area contributed by atoms with Crippen LogP contribution < -0.4 is 25.8 Å². The summed E-state index contributed by atoms with van der Waals surface area (Å²) in [4.78, 5) is 10.2. The molecular weight excluding hydrogens is 390 g/mol. The molecule has 0 aliphatic rings. The van der Waals surface area contributed by atoms with Gasteiger partial charge in [-0.1, -0.05) is 18.2 Å². The summed E-state index contributed by atoms with van der Waals surface area (Å²) in [6.07, 6.45) is 6.31. The molecule has 0 saturated carbocycles. The molecule has 1 heterocycles. The van der Waals surface area contributed by atoms with E-state index in [1.54, 1.807) is 20.4 Å². The number of hydrogen-bond acceptors (Lipinski definition) is 7. The largest absolute Gasteiger partial charge is 0.493 e. The highest BCUT2D eigenvalue weighted by Crippen LogP contribution is 2.35. The fourth-order valence-electron chi connectivity index (χ4n) is 3.37. The van der Waals surface area contributed by atoms with E-state index < -0.39 is 0 Å². The average molecular weight is 420 g/mol. The van der Waals surface area contributed by atoms with Crippen LogP contribution in [0.1, 0.15) is 27.8 Å². The van der Waals surface area contributed by atoms with Crippen LogP contribution in [0.25, 0.3) is 12.2 Å². The molecule has 2 aromatic carbocycles. The molecule has 31 heavy (non-hydrogen) atoms. The lowest BCUT2D eigenvalue weighted by molar-refractivity contribution is 0.354.